The van der Waals surface area contributed by atoms with Gasteiger partial charge in [-0.25, -0.2) is 9.97 Å². The minimum Gasteiger partial charge on any atom is -0.494 e. The van der Waals surface area contributed by atoms with Crippen molar-refractivity contribution in [3.8, 4) is 22.9 Å². The minimum atomic E-state index is -0.309. The molecule has 0 saturated heterocycles. The van der Waals surface area contributed by atoms with Crippen molar-refractivity contribution in [1.29, 1.82) is 0 Å². The second-order valence-corrected chi connectivity index (χ2v) is 7.67. The van der Waals surface area contributed by atoms with Crippen molar-refractivity contribution in [2.24, 2.45) is 0 Å². The third-order valence-corrected chi connectivity index (χ3v) is 4.91. The molecular formula is C26H36N2O3. The van der Waals surface area contributed by atoms with E-state index in [0.29, 0.717) is 11.6 Å². The summed E-state index contributed by atoms with van der Waals surface area (Å²) in [6.07, 6.45) is 18.0. The summed E-state index contributed by atoms with van der Waals surface area (Å²) in [5.41, 5.74) is 0.892. The van der Waals surface area contributed by atoms with Crippen molar-refractivity contribution in [2.75, 3.05) is 6.61 Å². The summed E-state index contributed by atoms with van der Waals surface area (Å²) in [6.45, 7) is 5.12. The molecule has 0 atom stereocenters. The van der Waals surface area contributed by atoms with Crippen molar-refractivity contribution in [3.63, 3.8) is 0 Å². The predicted octanol–water partition coefficient (Wildman–Crippen LogP) is 6.92. The number of esters is 1. The highest BCUT2D eigenvalue weighted by atomic mass is 16.5. The Bertz CT molecular complexity index is 770. The molecule has 0 fully saturated rings. The number of nitrogens with zero attached hydrogens (tertiary/aromatic N) is 2. The molecule has 0 unspecified atom stereocenters. The molecule has 168 valence electrons. The van der Waals surface area contributed by atoms with Crippen LogP contribution in [0.15, 0.2) is 48.8 Å². The first-order chi connectivity index (χ1) is 15.2. The molecule has 1 aromatic carbocycles. The Hall–Kier alpha value is -2.69. The van der Waals surface area contributed by atoms with Gasteiger partial charge in [-0.2, -0.15) is 0 Å². The number of rotatable bonds is 15. The topological polar surface area (TPSA) is 61.3 Å². The largest absolute Gasteiger partial charge is 0.494 e. The van der Waals surface area contributed by atoms with E-state index in [9.17, 15) is 4.79 Å². The Kier molecular flexibility index (Phi) is 12.0. The zero-order valence-electron chi connectivity index (χ0n) is 19.0. The molecule has 5 nitrogen and oxygen atoms in total. The number of hydrogen-bond acceptors (Lipinski definition) is 5. The van der Waals surface area contributed by atoms with Gasteiger partial charge >= 0.3 is 5.97 Å². The van der Waals surface area contributed by atoms with E-state index in [1.807, 2.05) is 36.4 Å². The summed E-state index contributed by atoms with van der Waals surface area (Å²) in [4.78, 5) is 20.5. The number of unbranched alkanes of at least 4 members (excludes halogenated alkanes) is 7. The van der Waals surface area contributed by atoms with Crippen molar-refractivity contribution in [2.45, 2.75) is 78.1 Å². The number of hydrogen-bond donors (Lipinski definition) is 0. The van der Waals surface area contributed by atoms with E-state index >= 15 is 0 Å². The third kappa shape index (κ3) is 10.3. The number of carbonyl (C=O) groups is 1. The first kappa shape index (κ1) is 24.6. The Morgan fingerprint density at radius 3 is 2.23 bits per heavy atom. The maximum atomic E-state index is 11.9. The average molecular weight is 425 g/mol. The molecule has 0 aliphatic rings. The number of carbonyl (C=O) groups excluding carboxylic acids is 1. The molecule has 0 amide bonds. The normalized spacial score (nSPS) is 11.0. The van der Waals surface area contributed by atoms with E-state index in [2.05, 4.69) is 23.8 Å². The molecule has 5 heteroatoms. The first-order valence-electron chi connectivity index (χ1n) is 11.6. The second-order valence-electron chi connectivity index (χ2n) is 7.67. The molecule has 1 aromatic heterocycles. The second kappa shape index (κ2) is 15.2. The van der Waals surface area contributed by atoms with E-state index in [-0.39, 0.29) is 12.4 Å². The molecule has 0 radical (unpaired) electrons. The summed E-state index contributed by atoms with van der Waals surface area (Å²) < 4.78 is 11.1. The molecular weight excluding hydrogens is 388 g/mol. The highest BCUT2D eigenvalue weighted by Crippen LogP contribution is 2.21. The van der Waals surface area contributed by atoms with Crippen LogP contribution in [0.2, 0.25) is 0 Å². The van der Waals surface area contributed by atoms with Gasteiger partial charge in [0.1, 0.15) is 5.75 Å². The van der Waals surface area contributed by atoms with Crippen molar-refractivity contribution in [3.05, 3.63) is 48.8 Å². The van der Waals surface area contributed by atoms with Gasteiger partial charge in [-0.3, -0.25) is 4.79 Å². The van der Waals surface area contributed by atoms with Crippen LogP contribution in [-0.2, 0) is 4.79 Å². The molecule has 0 N–H and O–H groups in total. The van der Waals surface area contributed by atoms with E-state index in [1.165, 1.54) is 44.5 Å². The fraction of sp³-hybridized carbons (Fsp3) is 0.500. The highest BCUT2D eigenvalue weighted by Gasteiger charge is 2.06. The number of allylic oxidation sites excluding steroid dienone is 1. The van der Waals surface area contributed by atoms with Crippen LogP contribution in [0, 0.1) is 0 Å². The van der Waals surface area contributed by atoms with E-state index in [1.54, 1.807) is 0 Å². The Balaban J connectivity index is 1.74. The molecule has 2 rings (SSSR count). The van der Waals surface area contributed by atoms with Crippen molar-refractivity contribution >= 4 is 5.97 Å². The third-order valence-electron chi connectivity index (χ3n) is 4.91. The van der Waals surface area contributed by atoms with Gasteiger partial charge in [0.2, 0.25) is 0 Å². The average Bonchev–Trinajstić information content (AvgIpc) is 2.79. The maximum Gasteiger partial charge on any atom is 0.315 e. The Labute approximate surface area is 186 Å². The molecule has 0 aliphatic carbocycles. The lowest BCUT2D eigenvalue weighted by Crippen LogP contribution is -2.07. The molecule has 1 heterocycles. The van der Waals surface area contributed by atoms with E-state index < -0.39 is 0 Å². The smallest absolute Gasteiger partial charge is 0.315 e. The van der Waals surface area contributed by atoms with Crippen LogP contribution in [0.3, 0.4) is 0 Å². The molecule has 31 heavy (non-hydrogen) atoms. The lowest BCUT2D eigenvalue weighted by Gasteiger charge is -2.07. The van der Waals surface area contributed by atoms with Crippen LogP contribution in [0.5, 0.6) is 11.5 Å². The van der Waals surface area contributed by atoms with E-state index in [4.69, 9.17) is 9.47 Å². The summed E-state index contributed by atoms with van der Waals surface area (Å²) in [5, 5.41) is 0. The van der Waals surface area contributed by atoms with Crippen molar-refractivity contribution in [1.82, 2.24) is 9.97 Å². The fourth-order valence-corrected chi connectivity index (χ4v) is 3.08. The molecule has 2 aromatic rings. The minimum absolute atomic E-state index is 0.256. The number of ether oxygens (including phenoxy) is 2. The first-order valence-corrected chi connectivity index (χ1v) is 11.6. The van der Waals surface area contributed by atoms with Gasteiger partial charge in [-0.15, -0.1) is 0 Å². The van der Waals surface area contributed by atoms with Gasteiger partial charge in [0.05, 0.1) is 25.4 Å². The number of aromatic nitrogens is 2. The van der Waals surface area contributed by atoms with Gasteiger partial charge in [0.25, 0.3) is 0 Å². The maximum absolute atomic E-state index is 11.9. The monoisotopic (exact) mass is 424 g/mol. The van der Waals surface area contributed by atoms with E-state index in [0.717, 1.165) is 43.6 Å². The Morgan fingerprint density at radius 2 is 1.52 bits per heavy atom. The summed E-state index contributed by atoms with van der Waals surface area (Å²) in [6, 6.07) is 7.76. The molecule has 0 bridgehead atoms. The van der Waals surface area contributed by atoms with Gasteiger partial charge in [0.15, 0.2) is 11.6 Å². The zero-order valence-corrected chi connectivity index (χ0v) is 19.0. The van der Waals surface area contributed by atoms with Gasteiger partial charge in [-0.05, 0) is 37.1 Å². The van der Waals surface area contributed by atoms with Gasteiger partial charge in [-0.1, -0.05) is 70.9 Å². The SMILES string of the molecule is CCCCC=CCC(=O)Oc1cnc(-c2ccc(OCCCCCCCC)cc2)nc1. The van der Waals surface area contributed by atoms with Crippen LogP contribution in [0.25, 0.3) is 11.4 Å². The van der Waals surface area contributed by atoms with Crippen LogP contribution in [0.1, 0.15) is 78.1 Å². The standard InChI is InChI=1S/C26H36N2O3/c1-3-5-7-9-11-13-19-30-23-17-15-22(16-18-23)26-27-20-24(21-28-26)31-25(29)14-12-10-8-6-4-2/h10,12,15-18,20-21H,3-9,11,13-14,19H2,1-2H3. The van der Waals surface area contributed by atoms with Crippen LogP contribution >= 0.6 is 0 Å². The van der Waals surface area contributed by atoms with Gasteiger partial charge in [0, 0.05) is 5.56 Å². The van der Waals surface area contributed by atoms with Gasteiger partial charge < -0.3 is 9.47 Å². The predicted molar refractivity (Wildman–Crippen MR) is 125 cm³/mol. The molecule has 0 saturated carbocycles. The molecule has 0 aliphatic heterocycles. The summed E-state index contributed by atoms with van der Waals surface area (Å²) in [7, 11) is 0. The van der Waals surface area contributed by atoms with Crippen molar-refractivity contribution < 1.29 is 14.3 Å². The number of benzene rings is 1. The highest BCUT2D eigenvalue weighted by molar-refractivity contribution is 5.73. The molecule has 0 spiro atoms. The summed E-state index contributed by atoms with van der Waals surface area (Å²) >= 11 is 0. The fourth-order valence-electron chi connectivity index (χ4n) is 3.08. The zero-order chi connectivity index (χ0) is 22.2. The van der Waals surface area contributed by atoms with Crippen LogP contribution < -0.4 is 9.47 Å². The lowest BCUT2D eigenvalue weighted by molar-refractivity contribution is -0.133. The quantitative estimate of drug-likeness (QED) is 0.176. The summed E-state index contributed by atoms with van der Waals surface area (Å²) in [5.74, 6) is 1.49. The van der Waals surface area contributed by atoms with Crippen LogP contribution in [0.4, 0.5) is 0 Å². The lowest BCUT2D eigenvalue weighted by atomic mass is 10.1. The van der Waals surface area contributed by atoms with Crippen LogP contribution in [-0.4, -0.2) is 22.5 Å². The Morgan fingerprint density at radius 1 is 0.839 bits per heavy atom.